The predicted molar refractivity (Wildman–Crippen MR) is 71.5 cm³/mol. The summed E-state index contributed by atoms with van der Waals surface area (Å²) in [5, 5.41) is 3.34. The van der Waals surface area contributed by atoms with Crippen LogP contribution in [0.4, 0.5) is 0 Å². The molecule has 0 radical (unpaired) electrons. The van der Waals surface area contributed by atoms with Gasteiger partial charge in [-0.15, -0.1) is 0 Å². The minimum absolute atomic E-state index is 0.265. The molecule has 0 aromatic carbocycles. The van der Waals surface area contributed by atoms with Gasteiger partial charge in [0.25, 0.3) is 0 Å². The molecule has 0 spiro atoms. The van der Waals surface area contributed by atoms with Gasteiger partial charge in [-0.2, -0.15) is 0 Å². The van der Waals surface area contributed by atoms with E-state index >= 15 is 0 Å². The summed E-state index contributed by atoms with van der Waals surface area (Å²) < 4.78 is 25.3. The van der Waals surface area contributed by atoms with Crippen LogP contribution >= 0.6 is 0 Å². The van der Waals surface area contributed by atoms with Gasteiger partial charge in [-0.3, -0.25) is 0 Å². The van der Waals surface area contributed by atoms with Crippen molar-refractivity contribution < 1.29 is 8.42 Å². The molecule has 102 valence electrons. The van der Waals surface area contributed by atoms with Crippen molar-refractivity contribution in [1.82, 2.24) is 9.62 Å². The van der Waals surface area contributed by atoms with E-state index in [1.807, 2.05) is 0 Å². The summed E-state index contributed by atoms with van der Waals surface area (Å²) in [7, 11) is -1.35. The van der Waals surface area contributed by atoms with E-state index in [-0.39, 0.29) is 5.75 Å². The predicted octanol–water partition coefficient (Wildman–Crippen LogP) is 1.44. The Bertz CT molecular complexity index is 310. The molecule has 5 heteroatoms. The fourth-order valence-electron chi connectivity index (χ4n) is 1.58. The molecule has 1 aliphatic rings. The van der Waals surface area contributed by atoms with Gasteiger partial charge in [-0.25, -0.2) is 12.7 Å². The lowest BCUT2D eigenvalue weighted by molar-refractivity contribution is 0.427. The molecule has 17 heavy (non-hydrogen) atoms. The van der Waals surface area contributed by atoms with Crippen molar-refractivity contribution in [3.8, 4) is 0 Å². The molecule has 1 saturated carbocycles. The van der Waals surface area contributed by atoms with E-state index in [9.17, 15) is 8.42 Å². The molecular weight excluding hydrogens is 236 g/mol. The second-order valence-electron chi connectivity index (χ2n) is 5.40. The molecule has 1 rings (SSSR count). The van der Waals surface area contributed by atoms with E-state index in [1.165, 1.54) is 17.1 Å². The molecule has 0 amide bonds. The zero-order chi connectivity index (χ0) is 12.9. The van der Waals surface area contributed by atoms with Crippen molar-refractivity contribution >= 4 is 10.0 Å². The minimum atomic E-state index is -3.04. The van der Waals surface area contributed by atoms with Crippen LogP contribution in [-0.2, 0) is 10.0 Å². The van der Waals surface area contributed by atoms with Crippen LogP contribution in [0.1, 0.15) is 39.5 Å². The third-order valence-electron chi connectivity index (χ3n) is 3.09. The van der Waals surface area contributed by atoms with E-state index in [2.05, 4.69) is 19.2 Å². The molecule has 0 aromatic heterocycles. The summed E-state index contributed by atoms with van der Waals surface area (Å²) in [4.78, 5) is 0. The lowest BCUT2D eigenvalue weighted by Crippen LogP contribution is -2.32. The molecule has 0 heterocycles. The normalized spacial score (nSPS) is 17.0. The molecule has 1 N–H and O–H groups in total. The number of hydrogen-bond donors (Lipinski definition) is 1. The monoisotopic (exact) mass is 262 g/mol. The van der Waals surface area contributed by atoms with Crippen LogP contribution in [0.3, 0.4) is 0 Å². The Kier molecular flexibility index (Phi) is 5.89. The van der Waals surface area contributed by atoms with Crippen molar-refractivity contribution in [2.45, 2.75) is 45.6 Å². The van der Waals surface area contributed by atoms with Gasteiger partial charge in [0.2, 0.25) is 10.0 Å². The molecule has 0 saturated heterocycles. The van der Waals surface area contributed by atoms with Crippen molar-refractivity contribution in [3.05, 3.63) is 0 Å². The highest BCUT2D eigenvalue weighted by molar-refractivity contribution is 7.89. The number of nitrogens with one attached hydrogen (secondary N) is 1. The van der Waals surface area contributed by atoms with E-state index in [0.29, 0.717) is 24.9 Å². The molecule has 1 fully saturated rings. The molecule has 1 aliphatic carbocycles. The van der Waals surface area contributed by atoms with Crippen LogP contribution in [0.2, 0.25) is 0 Å². The molecule has 0 unspecified atom stereocenters. The molecule has 0 atom stereocenters. The second-order valence-corrected chi connectivity index (χ2v) is 7.60. The number of rotatable bonds is 9. The highest BCUT2D eigenvalue weighted by Crippen LogP contribution is 2.18. The van der Waals surface area contributed by atoms with Gasteiger partial charge in [0.05, 0.1) is 5.75 Å². The van der Waals surface area contributed by atoms with E-state index < -0.39 is 10.0 Å². The van der Waals surface area contributed by atoms with Crippen LogP contribution < -0.4 is 5.32 Å². The number of hydrogen-bond acceptors (Lipinski definition) is 3. The Morgan fingerprint density at radius 2 is 2.00 bits per heavy atom. The van der Waals surface area contributed by atoms with Crippen molar-refractivity contribution in [3.63, 3.8) is 0 Å². The second kappa shape index (κ2) is 6.71. The SMILES string of the molecule is CC(C)CCN(C)S(=O)(=O)CCCNC1CC1. The van der Waals surface area contributed by atoms with Gasteiger partial charge in [0, 0.05) is 19.6 Å². The molecule has 0 aromatic rings. The van der Waals surface area contributed by atoms with Crippen molar-refractivity contribution in [2.24, 2.45) is 5.92 Å². The van der Waals surface area contributed by atoms with Crippen LogP contribution in [0.25, 0.3) is 0 Å². The van der Waals surface area contributed by atoms with Gasteiger partial charge >= 0.3 is 0 Å². The van der Waals surface area contributed by atoms with E-state index in [4.69, 9.17) is 0 Å². The summed E-state index contributed by atoms with van der Waals surface area (Å²) in [6, 6.07) is 0.663. The topological polar surface area (TPSA) is 49.4 Å². The maximum absolute atomic E-state index is 11.9. The zero-order valence-corrected chi connectivity index (χ0v) is 12.1. The highest BCUT2D eigenvalue weighted by Gasteiger charge is 2.21. The van der Waals surface area contributed by atoms with Gasteiger partial charge in [-0.05, 0) is 38.1 Å². The molecule has 0 bridgehead atoms. The maximum atomic E-state index is 11.9. The Labute approximate surface area is 106 Å². The van der Waals surface area contributed by atoms with Gasteiger partial charge in [-0.1, -0.05) is 13.8 Å². The maximum Gasteiger partial charge on any atom is 0.213 e. The zero-order valence-electron chi connectivity index (χ0n) is 11.3. The largest absolute Gasteiger partial charge is 0.314 e. The Hall–Kier alpha value is -0.130. The first-order chi connectivity index (χ1) is 7.92. The quantitative estimate of drug-likeness (QED) is 0.640. The third-order valence-corrected chi connectivity index (χ3v) is 5.02. The van der Waals surface area contributed by atoms with Crippen LogP contribution in [0.5, 0.6) is 0 Å². The summed E-state index contributed by atoms with van der Waals surface area (Å²) in [6.07, 6.45) is 4.14. The van der Waals surface area contributed by atoms with Crippen LogP contribution in [-0.4, -0.2) is 44.7 Å². The van der Waals surface area contributed by atoms with E-state index in [0.717, 1.165) is 13.0 Å². The Morgan fingerprint density at radius 1 is 1.35 bits per heavy atom. The lowest BCUT2D eigenvalue weighted by Gasteiger charge is -2.18. The minimum Gasteiger partial charge on any atom is -0.314 e. The summed E-state index contributed by atoms with van der Waals surface area (Å²) in [6.45, 7) is 5.68. The standard InChI is InChI=1S/C12H26N2O2S/c1-11(2)7-9-14(3)17(15,16)10-4-8-13-12-5-6-12/h11-13H,4-10H2,1-3H3. The van der Waals surface area contributed by atoms with Gasteiger partial charge in [0.1, 0.15) is 0 Å². The fraction of sp³-hybridized carbons (Fsp3) is 1.00. The highest BCUT2D eigenvalue weighted by atomic mass is 32.2. The van der Waals surface area contributed by atoms with Crippen molar-refractivity contribution in [2.75, 3.05) is 25.9 Å². The lowest BCUT2D eigenvalue weighted by atomic mass is 10.1. The number of nitrogens with zero attached hydrogens (tertiary/aromatic N) is 1. The molecule has 4 nitrogen and oxygen atoms in total. The average molecular weight is 262 g/mol. The van der Waals surface area contributed by atoms with Gasteiger partial charge in [0.15, 0.2) is 0 Å². The molecular formula is C12H26N2O2S. The first kappa shape index (κ1) is 14.9. The molecule has 0 aliphatic heterocycles. The Balaban J connectivity index is 2.17. The van der Waals surface area contributed by atoms with Crippen molar-refractivity contribution in [1.29, 1.82) is 0 Å². The summed E-state index contributed by atoms with van der Waals surface area (Å²) in [5.41, 5.74) is 0. The fourth-order valence-corrected chi connectivity index (χ4v) is 2.79. The van der Waals surface area contributed by atoms with Crippen LogP contribution in [0, 0.1) is 5.92 Å². The van der Waals surface area contributed by atoms with E-state index in [1.54, 1.807) is 7.05 Å². The van der Waals surface area contributed by atoms with Crippen LogP contribution in [0.15, 0.2) is 0 Å². The summed E-state index contributed by atoms with van der Waals surface area (Å²) >= 11 is 0. The first-order valence-electron chi connectivity index (χ1n) is 6.59. The first-order valence-corrected chi connectivity index (χ1v) is 8.20. The average Bonchev–Trinajstić information content (AvgIpc) is 3.04. The van der Waals surface area contributed by atoms with Gasteiger partial charge < -0.3 is 5.32 Å². The Morgan fingerprint density at radius 3 is 2.53 bits per heavy atom. The third kappa shape index (κ3) is 6.38. The smallest absolute Gasteiger partial charge is 0.213 e. The summed E-state index contributed by atoms with van der Waals surface area (Å²) in [5.74, 6) is 0.811. The number of sulfonamides is 1.